The summed E-state index contributed by atoms with van der Waals surface area (Å²) in [6.45, 7) is 3.81. The van der Waals surface area contributed by atoms with Crippen molar-refractivity contribution in [3.05, 3.63) is 35.0 Å². The molecule has 2 rings (SSSR count). The molecule has 0 radical (unpaired) electrons. The fourth-order valence-corrected chi connectivity index (χ4v) is 2.14. The second-order valence-corrected chi connectivity index (χ2v) is 4.42. The highest BCUT2D eigenvalue weighted by molar-refractivity contribution is 6.06. The minimum absolute atomic E-state index is 0.336. The molecule has 0 unspecified atom stereocenters. The van der Waals surface area contributed by atoms with E-state index >= 15 is 0 Å². The Kier molecular flexibility index (Phi) is 4.47. The van der Waals surface area contributed by atoms with Gasteiger partial charge in [0.2, 0.25) is 5.88 Å². The first kappa shape index (κ1) is 14.9. The van der Waals surface area contributed by atoms with Crippen molar-refractivity contribution in [1.29, 1.82) is 0 Å². The molecule has 0 fully saturated rings. The van der Waals surface area contributed by atoms with E-state index in [4.69, 9.17) is 14.0 Å². The third-order valence-electron chi connectivity index (χ3n) is 3.21. The average molecular weight is 290 g/mol. The van der Waals surface area contributed by atoms with Gasteiger partial charge in [0.15, 0.2) is 11.5 Å². The largest absolute Gasteiger partial charge is 0.493 e. The SMILES string of the molecule is CCc1c(C)noc1NC(=O)c1cccc(OC)c1OC. The molecular formula is C15H18N2O4. The monoisotopic (exact) mass is 290 g/mol. The van der Waals surface area contributed by atoms with Crippen LogP contribution in [-0.2, 0) is 6.42 Å². The zero-order chi connectivity index (χ0) is 15.4. The molecular weight excluding hydrogens is 272 g/mol. The van der Waals surface area contributed by atoms with Crippen molar-refractivity contribution in [2.45, 2.75) is 20.3 Å². The lowest BCUT2D eigenvalue weighted by atomic mass is 10.1. The second-order valence-electron chi connectivity index (χ2n) is 4.42. The number of para-hydroxylation sites is 1. The molecule has 1 amide bonds. The van der Waals surface area contributed by atoms with Gasteiger partial charge in [0.25, 0.3) is 5.91 Å². The summed E-state index contributed by atoms with van der Waals surface area (Å²) in [6.07, 6.45) is 0.722. The van der Waals surface area contributed by atoms with Crippen molar-refractivity contribution < 1.29 is 18.8 Å². The number of anilines is 1. The number of aromatic nitrogens is 1. The van der Waals surface area contributed by atoms with Crippen molar-refractivity contribution in [1.82, 2.24) is 5.16 Å². The van der Waals surface area contributed by atoms with E-state index in [1.54, 1.807) is 18.2 Å². The molecule has 1 aromatic carbocycles. The Balaban J connectivity index is 2.32. The van der Waals surface area contributed by atoms with Crippen LogP contribution in [0.5, 0.6) is 11.5 Å². The van der Waals surface area contributed by atoms with Gasteiger partial charge in [-0.05, 0) is 25.5 Å². The zero-order valence-corrected chi connectivity index (χ0v) is 12.5. The molecule has 0 spiro atoms. The number of methoxy groups -OCH3 is 2. The van der Waals surface area contributed by atoms with Gasteiger partial charge in [-0.1, -0.05) is 18.1 Å². The highest BCUT2D eigenvalue weighted by Crippen LogP contribution is 2.31. The molecule has 1 N–H and O–H groups in total. The maximum atomic E-state index is 12.4. The fourth-order valence-electron chi connectivity index (χ4n) is 2.14. The van der Waals surface area contributed by atoms with Crippen LogP contribution in [0.1, 0.15) is 28.5 Å². The van der Waals surface area contributed by atoms with E-state index in [1.165, 1.54) is 14.2 Å². The number of hydrogen-bond donors (Lipinski definition) is 1. The third kappa shape index (κ3) is 2.84. The molecule has 0 aliphatic heterocycles. The van der Waals surface area contributed by atoms with Crippen molar-refractivity contribution >= 4 is 11.8 Å². The summed E-state index contributed by atoms with van der Waals surface area (Å²) < 4.78 is 15.6. The molecule has 6 nitrogen and oxygen atoms in total. The summed E-state index contributed by atoms with van der Waals surface area (Å²) in [4.78, 5) is 12.4. The maximum absolute atomic E-state index is 12.4. The van der Waals surface area contributed by atoms with Crippen molar-refractivity contribution in [2.24, 2.45) is 0 Å². The number of hydrogen-bond acceptors (Lipinski definition) is 5. The highest BCUT2D eigenvalue weighted by atomic mass is 16.5. The van der Waals surface area contributed by atoms with Crippen LogP contribution < -0.4 is 14.8 Å². The number of rotatable bonds is 5. The minimum Gasteiger partial charge on any atom is -0.493 e. The van der Waals surface area contributed by atoms with Gasteiger partial charge in [0.05, 0.1) is 25.5 Å². The van der Waals surface area contributed by atoms with Gasteiger partial charge in [0, 0.05) is 5.56 Å². The highest BCUT2D eigenvalue weighted by Gasteiger charge is 2.20. The molecule has 112 valence electrons. The second kappa shape index (κ2) is 6.30. The molecule has 0 bridgehead atoms. The van der Waals surface area contributed by atoms with Crippen LogP contribution in [0.25, 0.3) is 0 Å². The fraction of sp³-hybridized carbons (Fsp3) is 0.333. The van der Waals surface area contributed by atoms with Crippen LogP contribution in [-0.4, -0.2) is 25.3 Å². The van der Waals surface area contributed by atoms with E-state index in [-0.39, 0.29) is 5.91 Å². The van der Waals surface area contributed by atoms with E-state index in [9.17, 15) is 4.79 Å². The first-order valence-electron chi connectivity index (χ1n) is 6.59. The van der Waals surface area contributed by atoms with Gasteiger partial charge in [-0.3, -0.25) is 10.1 Å². The van der Waals surface area contributed by atoms with Crippen LogP contribution in [0.2, 0.25) is 0 Å². The number of aryl methyl sites for hydroxylation is 1. The summed E-state index contributed by atoms with van der Waals surface area (Å²) in [5, 5.41) is 6.59. The zero-order valence-electron chi connectivity index (χ0n) is 12.5. The predicted octanol–water partition coefficient (Wildman–Crippen LogP) is 2.81. The Bertz CT molecular complexity index is 649. The van der Waals surface area contributed by atoms with Crippen molar-refractivity contribution in [2.75, 3.05) is 19.5 Å². The van der Waals surface area contributed by atoms with Crippen molar-refractivity contribution in [3.63, 3.8) is 0 Å². The van der Waals surface area contributed by atoms with E-state index in [0.29, 0.717) is 22.9 Å². The molecule has 6 heteroatoms. The maximum Gasteiger partial charge on any atom is 0.261 e. The summed E-state index contributed by atoms with van der Waals surface area (Å²) >= 11 is 0. The lowest BCUT2D eigenvalue weighted by Gasteiger charge is -2.11. The molecule has 0 saturated carbocycles. The number of benzene rings is 1. The number of amides is 1. The molecule has 21 heavy (non-hydrogen) atoms. The summed E-state index contributed by atoms with van der Waals surface area (Å²) in [7, 11) is 3.01. The van der Waals surface area contributed by atoms with E-state index < -0.39 is 0 Å². The quantitative estimate of drug-likeness (QED) is 0.916. The van der Waals surface area contributed by atoms with Gasteiger partial charge in [0.1, 0.15) is 0 Å². The lowest BCUT2D eigenvalue weighted by molar-refractivity contribution is 0.102. The van der Waals surface area contributed by atoms with Gasteiger partial charge in [-0.2, -0.15) is 0 Å². The van der Waals surface area contributed by atoms with Crippen LogP contribution in [0, 0.1) is 6.92 Å². The van der Waals surface area contributed by atoms with Crippen LogP contribution in [0.3, 0.4) is 0 Å². The van der Waals surface area contributed by atoms with E-state index in [1.807, 2.05) is 13.8 Å². The van der Waals surface area contributed by atoms with Crippen LogP contribution in [0.4, 0.5) is 5.88 Å². The molecule has 0 aliphatic rings. The molecule has 2 aromatic rings. The van der Waals surface area contributed by atoms with Gasteiger partial charge in [-0.15, -0.1) is 0 Å². The smallest absolute Gasteiger partial charge is 0.261 e. The molecule has 0 saturated heterocycles. The number of nitrogens with zero attached hydrogens (tertiary/aromatic N) is 1. The Hall–Kier alpha value is -2.50. The van der Waals surface area contributed by atoms with Crippen LogP contribution in [0.15, 0.2) is 22.7 Å². The first-order valence-corrected chi connectivity index (χ1v) is 6.59. The van der Waals surface area contributed by atoms with Gasteiger partial charge in [-0.25, -0.2) is 0 Å². The van der Waals surface area contributed by atoms with E-state index in [0.717, 1.165) is 17.7 Å². The average Bonchev–Trinajstić information content (AvgIpc) is 2.85. The molecule has 0 aliphatic carbocycles. The molecule has 0 atom stereocenters. The normalized spacial score (nSPS) is 10.3. The number of ether oxygens (including phenoxy) is 2. The van der Waals surface area contributed by atoms with Gasteiger partial charge >= 0.3 is 0 Å². The Morgan fingerprint density at radius 1 is 1.33 bits per heavy atom. The van der Waals surface area contributed by atoms with Crippen molar-refractivity contribution in [3.8, 4) is 11.5 Å². The lowest BCUT2D eigenvalue weighted by Crippen LogP contribution is -2.14. The number of nitrogens with one attached hydrogen (secondary N) is 1. The molecule has 1 aromatic heterocycles. The topological polar surface area (TPSA) is 73.6 Å². The number of carbonyl (C=O) groups excluding carboxylic acids is 1. The third-order valence-corrected chi connectivity index (χ3v) is 3.21. The number of carbonyl (C=O) groups is 1. The Morgan fingerprint density at radius 3 is 2.71 bits per heavy atom. The van der Waals surface area contributed by atoms with E-state index in [2.05, 4.69) is 10.5 Å². The minimum atomic E-state index is -0.336. The Morgan fingerprint density at radius 2 is 2.10 bits per heavy atom. The summed E-state index contributed by atoms with van der Waals surface area (Å²) in [5.74, 6) is 0.905. The predicted molar refractivity (Wildman–Crippen MR) is 78.1 cm³/mol. The standard InChI is InChI=1S/C15H18N2O4/c1-5-10-9(2)17-21-15(10)16-14(18)11-7-6-8-12(19-3)13(11)20-4/h6-8H,5H2,1-4H3,(H,16,18). The summed E-state index contributed by atoms with van der Waals surface area (Å²) in [5.41, 5.74) is 2.02. The Labute approximate surface area is 123 Å². The summed E-state index contributed by atoms with van der Waals surface area (Å²) in [6, 6.07) is 5.11. The van der Waals surface area contributed by atoms with Gasteiger partial charge < -0.3 is 14.0 Å². The first-order chi connectivity index (χ1) is 10.1. The van der Waals surface area contributed by atoms with Crippen LogP contribution >= 0.6 is 0 Å². The molecule has 1 heterocycles.